The fraction of sp³-hybridized carbons (Fsp3) is 0.609. The van der Waals surface area contributed by atoms with Gasteiger partial charge < -0.3 is 10.2 Å². The van der Waals surface area contributed by atoms with Gasteiger partial charge in [-0.25, -0.2) is 4.79 Å². The number of imide groups is 1. The highest BCUT2D eigenvalue weighted by atomic mass is 16.2. The molecule has 1 N–H and O–H groups in total. The van der Waals surface area contributed by atoms with Crippen molar-refractivity contribution in [2.75, 3.05) is 13.6 Å². The van der Waals surface area contributed by atoms with Crippen molar-refractivity contribution in [2.24, 2.45) is 11.3 Å². The van der Waals surface area contributed by atoms with Crippen LogP contribution in [0.2, 0.25) is 0 Å². The molecule has 1 spiro atoms. The SMILES string of the molecule is CC(c1ccccc1)N(C)C(=O)CN1C(=O)NC2(CCC(C(C)(C)C)CC2)C1=O. The predicted molar refractivity (Wildman–Crippen MR) is 112 cm³/mol. The van der Waals surface area contributed by atoms with Crippen molar-refractivity contribution >= 4 is 17.8 Å². The Balaban J connectivity index is 1.65. The lowest BCUT2D eigenvalue weighted by Crippen LogP contribution is -2.51. The molecule has 29 heavy (non-hydrogen) atoms. The molecule has 0 bridgehead atoms. The van der Waals surface area contributed by atoms with Crippen molar-refractivity contribution < 1.29 is 14.4 Å². The maximum Gasteiger partial charge on any atom is 0.325 e. The number of rotatable bonds is 4. The maximum absolute atomic E-state index is 13.1. The van der Waals surface area contributed by atoms with E-state index in [-0.39, 0.29) is 29.8 Å². The van der Waals surface area contributed by atoms with Crippen LogP contribution in [0.15, 0.2) is 30.3 Å². The molecule has 1 atom stereocenters. The van der Waals surface area contributed by atoms with Crippen LogP contribution in [-0.2, 0) is 9.59 Å². The number of hydrogen-bond donors (Lipinski definition) is 1. The Hall–Kier alpha value is -2.37. The summed E-state index contributed by atoms with van der Waals surface area (Å²) in [5.41, 5.74) is 0.375. The summed E-state index contributed by atoms with van der Waals surface area (Å²) in [6.45, 7) is 8.38. The smallest absolute Gasteiger partial charge is 0.325 e. The van der Waals surface area contributed by atoms with Gasteiger partial charge in [-0.3, -0.25) is 14.5 Å². The van der Waals surface area contributed by atoms with Gasteiger partial charge >= 0.3 is 6.03 Å². The van der Waals surface area contributed by atoms with E-state index in [1.807, 2.05) is 37.3 Å². The minimum Gasteiger partial charge on any atom is -0.337 e. The van der Waals surface area contributed by atoms with Gasteiger partial charge in [-0.1, -0.05) is 51.1 Å². The van der Waals surface area contributed by atoms with Gasteiger partial charge in [0.2, 0.25) is 5.91 Å². The van der Waals surface area contributed by atoms with Crippen LogP contribution in [0.5, 0.6) is 0 Å². The van der Waals surface area contributed by atoms with Gasteiger partial charge in [-0.2, -0.15) is 0 Å². The van der Waals surface area contributed by atoms with Crippen LogP contribution in [-0.4, -0.2) is 46.8 Å². The zero-order valence-electron chi connectivity index (χ0n) is 18.2. The molecule has 1 aliphatic heterocycles. The van der Waals surface area contributed by atoms with Crippen LogP contribution in [0.4, 0.5) is 4.79 Å². The molecule has 0 radical (unpaired) electrons. The molecule has 4 amide bonds. The van der Waals surface area contributed by atoms with Crippen LogP contribution in [0.25, 0.3) is 0 Å². The summed E-state index contributed by atoms with van der Waals surface area (Å²) < 4.78 is 0. The number of benzene rings is 1. The molecule has 2 aliphatic rings. The summed E-state index contributed by atoms with van der Waals surface area (Å²) in [7, 11) is 1.71. The van der Waals surface area contributed by atoms with E-state index in [1.165, 1.54) is 0 Å². The van der Waals surface area contributed by atoms with Crippen molar-refractivity contribution in [3.05, 3.63) is 35.9 Å². The standard InChI is InChI=1S/C23H33N3O3/c1-16(17-9-7-6-8-10-17)25(5)19(27)15-26-20(28)23(24-21(26)29)13-11-18(12-14-23)22(2,3)4/h6-10,16,18H,11-15H2,1-5H3,(H,24,29). The highest BCUT2D eigenvalue weighted by molar-refractivity contribution is 6.09. The van der Waals surface area contributed by atoms with E-state index in [9.17, 15) is 14.4 Å². The summed E-state index contributed by atoms with van der Waals surface area (Å²) in [6.07, 6.45) is 3.09. The lowest BCUT2D eigenvalue weighted by Gasteiger charge is -2.40. The molecule has 158 valence electrons. The van der Waals surface area contributed by atoms with E-state index >= 15 is 0 Å². The zero-order valence-corrected chi connectivity index (χ0v) is 18.2. The van der Waals surface area contributed by atoms with Gasteiger partial charge in [-0.15, -0.1) is 0 Å². The first kappa shape index (κ1) is 21.3. The molecule has 0 aromatic heterocycles. The monoisotopic (exact) mass is 399 g/mol. The van der Waals surface area contributed by atoms with Gasteiger partial charge in [0.1, 0.15) is 12.1 Å². The summed E-state index contributed by atoms with van der Waals surface area (Å²) >= 11 is 0. The third kappa shape index (κ3) is 4.16. The van der Waals surface area contributed by atoms with Crippen LogP contribution >= 0.6 is 0 Å². The molecule has 1 aliphatic carbocycles. The summed E-state index contributed by atoms with van der Waals surface area (Å²) in [6, 6.07) is 9.13. The minimum absolute atomic E-state index is 0.138. The molecular formula is C23H33N3O3. The third-order valence-corrected chi connectivity index (χ3v) is 6.86. The second kappa shape index (κ2) is 7.81. The predicted octanol–water partition coefficient (Wildman–Crippen LogP) is 3.73. The van der Waals surface area contributed by atoms with Crippen molar-refractivity contribution in [1.82, 2.24) is 15.1 Å². The van der Waals surface area contributed by atoms with E-state index in [2.05, 4.69) is 26.1 Å². The number of carbonyl (C=O) groups is 3. The molecular weight excluding hydrogens is 366 g/mol. The molecule has 2 fully saturated rings. The van der Waals surface area contributed by atoms with Crippen LogP contribution in [0.1, 0.15) is 65.0 Å². The molecule has 1 heterocycles. The Morgan fingerprint density at radius 1 is 1.21 bits per heavy atom. The Bertz CT molecular complexity index is 776. The summed E-state index contributed by atoms with van der Waals surface area (Å²) in [4.78, 5) is 41.2. The Morgan fingerprint density at radius 2 is 1.79 bits per heavy atom. The van der Waals surface area contributed by atoms with Gasteiger partial charge in [0.05, 0.1) is 6.04 Å². The minimum atomic E-state index is -0.831. The van der Waals surface area contributed by atoms with E-state index < -0.39 is 11.6 Å². The molecule has 3 rings (SSSR count). The summed E-state index contributed by atoms with van der Waals surface area (Å²) in [5, 5.41) is 2.91. The van der Waals surface area contributed by atoms with Crippen LogP contribution in [0.3, 0.4) is 0 Å². The number of nitrogens with zero attached hydrogens (tertiary/aromatic N) is 2. The second-order valence-corrected chi connectivity index (χ2v) is 9.64. The van der Waals surface area contributed by atoms with Gasteiger partial charge in [0.15, 0.2) is 0 Å². The highest BCUT2D eigenvalue weighted by Crippen LogP contribution is 2.43. The number of urea groups is 1. The number of nitrogens with one attached hydrogen (secondary N) is 1. The average molecular weight is 400 g/mol. The van der Waals surface area contributed by atoms with Crippen LogP contribution in [0, 0.1) is 11.3 Å². The van der Waals surface area contributed by atoms with Gasteiger partial charge in [0.25, 0.3) is 5.91 Å². The van der Waals surface area contributed by atoms with E-state index in [0.29, 0.717) is 18.8 Å². The van der Waals surface area contributed by atoms with Crippen molar-refractivity contribution in [3.8, 4) is 0 Å². The molecule has 6 heteroatoms. The topological polar surface area (TPSA) is 69.7 Å². The fourth-order valence-corrected chi connectivity index (χ4v) is 4.55. The Labute approximate surface area is 173 Å². The lowest BCUT2D eigenvalue weighted by atomic mass is 9.67. The van der Waals surface area contributed by atoms with Gasteiger partial charge in [0, 0.05) is 7.05 Å². The first-order chi connectivity index (χ1) is 13.5. The largest absolute Gasteiger partial charge is 0.337 e. The molecule has 1 aromatic rings. The molecule has 6 nitrogen and oxygen atoms in total. The molecule has 1 unspecified atom stereocenters. The van der Waals surface area contributed by atoms with Gasteiger partial charge in [-0.05, 0) is 49.5 Å². The number of carbonyl (C=O) groups excluding carboxylic acids is 3. The highest BCUT2D eigenvalue weighted by Gasteiger charge is 2.53. The number of hydrogen-bond acceptors (Lipinski definition) is 3. The third-order valence-electron chi connectivity index (χ3n) is 6.86. The van der Waals surface area contributed by atoms with E-state index in [4.69, 9.17) is 0 Å². The van der Waals surface area contributed by atoms with Crippen LogP contribution < -0.4 is 5.32 Å². The molecule has 1 saturated carbocycles. The van der Waals surface area contributed by atoms with Crippen molar-refractivity contribution in [2.45, 2.75) is 65.0 Å². The maximum atomic E-state index is 13.1. The fourth-order valence-electron chi connectivity index (χ4n) is 4.55. The van der Waals surface area contributed by atoms with E-state index in [1.54, 1.807) is 11.9 Å². The number of likely N-dealkylation sites (N-methyl/N-ethyl adjacent to an activating group) is 1. The Morgan fingerprint density at radius 3 is 2.34 bits per heavy atom. The number of amides is 4. The average Bonchev–Trinajstić information content (AvgIpc) is 2.91. The Kier molecular flexibility index (Phi) is 5.74. The van der Waals surface area contributed by atoms with E-state index in [0.717, 1.165) is 23.3 Å². The first-order valence-corrected chi connectivity index (χ1v) is 10.5. The summed E-state index contributed by atoms with van der Waals surface area (Å²) in [5.74, 6) is 0.0422. The molecule has 1 aromatic carbocycles. The van der Waals surface area contributed by atoms with Crippen molar-refractivity contribution in [1.29, 1.82) is 0 Å². The quantitative estimate of drug-likeness (QED) is 0.784. The second-order valence-electron chi connectivity index (χ2n) is 9.64. The first-order valence-electron chi connectivity index (χ1n) is 10.5. The zero-order chi connectivity index (χ0) is 21.4. The van der Waals surface area contributed by atoms with Crippen molar-refractivity contribution in [3.63, 3.8) is 0 Å². The lowest BCUT2D eigenvalue weighted by molar-refractivity contribution is -0.140. The molecule has 1 saturated heterocycles. The normalized spacial score (nSPS) is 25.8.